The molecule has 7 nitrogen and oxygen atoms in total. The quantitative estimate of drug-likeness (QED) is 0.614. The SMILES string of the molecule is O=C(NNC(=O)c1cc2cc(F)ccc2[nH]1)c1ccc2c(c1)OCCO2. The van der Waals surface area contributed by atoms with Crippen LogP contribution < -0.4 is 20.3 Å². The zero-order chi connectivity index (χ0) is 18.1. The van der Waals surface area contributed by atoms with Crippen LogP contribution in [0, 0.1) is 5.82 Å². The lowest BCUT2D eigenvalue weighted by Crippen LogP contribution is -2.41. The molecule has 0 saturated heterocycles. The van der Waals surface area contributed by atoms with E-state index in [1.165, 1.54) is 24.3 Å². The maximum atomic E-state index is 13.2. The van der Waals surface area contributed by atoms with Crippen molar-refractivity contribution in [3.8, 4) is 11.5 Å². The van der Waals surface area contributed by atoms with Gasteiger partial charge in [0.2, 0.25) is 0 Å². The van der Waals surface area contributed by atoms with Gasteiger partial charge in [-0.15, -0.1) is 0 Å². The largest absolute Gasteiger partial charge is 0.486 e. The van der Waals surface area contributed by atoms with Crippen molar-refractivity contribution < 1.29 is 23.5 Å². The monoisotopic (exact) mass is 355 g/mol. The van der Waals surface area contributed by atoms with Crippen molar-refractivity contribution in [3.05, 3.63) is 59.5 Å². The Bertz CT molecular complexity index is 1010. The lowest BCUT2D eigenvalue weighted by Gasteiger charge is -2.18. The van der Waals surface area contributed by atoms with E-state index in [2.05, 4.69) is 15.8 Å². The first-order chi connectivity index (χ1) is 12.6. The average molecular weight is 355 g/mol. The first-order valence-corrected chi connectivity index (χ1v) is 7.89. The first-order valence-electron chi connectivity index (χ1n) is 7.89. The van der Waals surface area contributed by atoms with Crippen molar-refractivity contribution in [1.29, 1.82) is 0 Å². The number of hydrogen-bond acceptors (Lipinski definition) is 4. The van der Waals surface area contributed by atoms with Gasteiger partial charge in [0.1, 0.15) is 24.7 Å². The molecule has 3 aromatic rings. The van der Waals surface area contributed by atoms with Crippen molar-refractivity contribution in [2.45, 2.75) is 0 Å². The van der Waals surface area contributed by atoms with Crippen LogP contribution >= 0.6 is 0 Å². The Labute approximate surface area is 147 Å². The molecule has 26 heavy (non-hydrogen) atoms. The van der Waals surface area contributed by atoms with Gasteiger partial charge in [0.05, 0.1) is 0 Å². The number of rotatable bonds is 2. The fraction of sp³-hybridized carbons (Fsp3) is 0.111. The minimum Gasteiger partial charge on any atom is -0.486 e. The number of carbonyl (C=O) groups excluding carboxylic acids is 2. The molecule has 3 N–H and O–H groups in total. The molecule has 0 radical (unpaired) electrons. The molecule has 2 heterocycles. The van der Waals surface area contributed by atoms with Gasteiger partial charge in [0, 0.05) is 16.5 Å². The van der Waals surface area contributed by atoms with Crippen LogP contribution in [0.25, 0.3) is 10.9 Å². The molecule has 4 rings (SSSR count). The van der Waals surface area contributed by atoms with Crippen molar-refractivity contribution in [1.82, 2.24) is 15.8 Å². The highest BCUT2D eigenvalue weighted by Gasteiger charge is 2.16. The summed E-state index contributed by atoms with van der Waals surface area (Å²) in [6.07, 6.45) is 0. The van der Waals surface area contributed by atoms with Gasteiger partial charge in [-0.2, -0.15) is 0 Å². The molecule has 0 spiro atoms. The normalized spacial score (nSPS) is 12.7. The van der Waals surface area contributed by atoms with Gasteiger partial charge in [0.15, 0.2) is 11.5 Å². The Kier molecular flexibility index (Phi) is 3.92. The molecule has 8 heteroatoms. The molecule has 1 aliphatic heterocycles. The summed E-state index contributed by atoms with van der Waals surface area (Å²) in [5.74, 6) is -0.393. The molecule has 0 unspecified atom stereocenters. The van der Waals surface area contributed by atoms with E-state index in [9.17, 15) is 14.0 Å². The Morgan fingerprint density at radius 2 is 1.69 bits per heavy atom. The molecule has 0 fully saturated rings. The van der Waals surface area contributed by atoms with Crippen molar-refractivity contribution in [2.75, 3.05) is 13.2 Å². The van der Waals surface area contributed by atoms with E-state index >= 15 is 0 Å². The molecule has 2 amide bonds. The van der Waals surface area contributed by atoms with E-state index in [4.69, 9.17) is 9.47 Å². The van der Waals surface area contributed by atoms with E-state index in [1.807, 2.05) is 0 Å². The lowest BCUT2D eigenvalue weighted by atomic mass is 10.2. The second-order valence-corrected chi connectivity index (χ2v) is 5.68. The van der Waals surface area contributed by atoms with Crippen molar-refractivity contribution >= 4 is 22.7 Å². The van der Waals surface area contributed by atoms with Gasteiger partial charge in [-0.25, -0.2) is 4.39 Å². The summed E-state index contributed by atoms with van der Waals surface area (Å²) in [6.45, 7) is 0.874. The predicted octanol–water partition coefficient (Wildman–Crippen LogP) is 2.15. The molecule has 0 atom stereocenters. The van der Waals surface area contributed by atoms with E-state index in [0.717, 1.165) is 0 Å². The molecule has 2 aromatic carbocycles. The molecular formula is C18H14FN3O4. The van der Waals surface area contributed by atoms with E-state index in [0.29, 0.717) is 41.2 Å². The minimum absolute atomic E-state index is 0.202. The number of carbonyl (C=O) groups is 2. The maximum Gasteiger partial charge on any atom is 0.286 e. The third kappa shape index (κ3) is 3.04. The third-order valence-electron chi connectivity index (χ3n) is 3.92. The summed E-state index contributed by atoms with van der Waals surface area (Å²) in [5.41, 5.74) is 5.78. The van der Waals surface area contributed by atoms with Gasteiger partial charge in [-0.1, -0.05) is 0 Å². The number of nitrogens with one attached hydrogen (secondary N) is 3. The molecule has 0 aliphatic carbocycles. The number of hydrogen-bond donors (Lipinski definition) is 3. The van der Waals surface area contributed by atoms with Crippen LogP contribution in [0.5, 0.6) is 11.5 Å². The average Bonchev–Trinajstić information content (AvgIpc) is 3.08. The summed E-state index contributed by atoms with van der Waals surface area (Å²) >= 11 is 0. The van der Waals surface area contributed by atoms with Crippen LogP contribution in [-0.4, -0.2) is 30.0 Å². The van der Waals surface area contributed by atoms with Crippen LogP contribution in [0.1, 0.15) is 20.8 Å². The Morgan fingerprint density at radius 1 is 0.923 bits per heavy atom. The Balaban J connectivity index is 1.44. The Hall–Kier alpha value is -3.55. The number of fused-ring (bicyclic) bond motifs is 2. The van der Waals surface area contributed by atoms with Gasteiger partial charge in [-0.05, 0) is 42.5 Å². The summed E-state index contributed by atoms with van der Waals surface area (Å²) in [4.78, 5) is 27.2. The number of hydrazine groups is 1. The zero-order valence-corrected chi connectivity index (χ0v) is 13.5. The number of ether oxygens (including phenoxy) is 2. The second-order valence-electron chi connectivity index (χ2n) is 5.68. The summed E-state index contributed by atoms with van der Waals surface area (Å²) in [6, 6.07) is 10.4. The second kappa shape index (κ2) is 6.40. The van der Waals surface area contributed by atoms with Crippen molar-refractivity contribution in [3.63, 3.8) is 0 Å². The molecule has 1 aromatic heterocycles. The zero-order valence-electron chi connectivity index (χ0n) is 13.5. The van der Waals surface area contributed by atoms with Crippen LogP contribution in [-0.2, 0) is 0 Å². The van der Waals surface area contributed by atoms with E-state index < -0.39 is 17.6 Å². The number of amides is 2. The number of benzene rings is 2. The van der Waals surface area contributed by atoms with Gasteiger partial charge in [0.25, 0.3) is 11.8 Å². The summed E-state index contributed by atoms with van der Waals surface area (Å²) < 4.78 is 24.0. The summed E-state index contributed by atoms with van der Waals surface area (Å²) in [5, 5.41) is 0.563. The van der Waals surface area contributed by atoms with Crippen molar-refractivity contribution in [2.24, 2.45) is 0 Å². The standard InChI is InChI=1S/C18H14FN3O4/c19-12-2-3-13-11(7-12)8-14(20-13)18(24)22-21-17(23)10-1-4-15-16(9-10)26-6-5-25-15/h1-4,7-9,20H,5-6H2,(H,21,23)(H,22,24). The number of aromatic nitrogens is 1. The molecule has 132 valence electrons. The van der Waals surface area contributed by atoms with Gasteiger partial charge < -0.3 is 14.5 Å². The minimum atomic E-state index is -0.549. The fourth-order valence-corrected chi connectivity index (χ4v) is 2.66. The molecular weight excluding hydrogens is 341 g/mol. The molecule has 1 aliphatic rings. The highest BCUT2D eigenvalue weighted by atomic mass is 19.1. The number of aromatic amines is 1. The smallest absolute Gasteiger partial charge is 0.286 e. The fourth-order valence-electron chi connectivity index (χ4n) is 2.66. The highest BCUT2D eigenvalue weighted by molar-refractivity contribution is 6.01. The number of H-pyrrole nitrogens is 1. The van der Waals surface area contributed by atoms with E-state index in [-0.39, 0.29) is 5.69 Å². The van der Waals surface area contributed by atoms with Crippen LogP contribution in [0.15, 0.2) is 42.5 Å². The summed E-state index contributed by atoms with van der Waals surface area (Å²) in [7, 11) is 0. The van der Waals surface area contributed by atoms with Gasteiger partial charge >= 0.3 is 0 Å². The molecule has 0 bridgehead atoms. The number of halogens is 1. The Morgan fingerprint density at radius 3 is 2.54 bits per heavy atom. The van der Waals surface area contributed by atoms with Crippen LogP contribution in [0.2, 0.25) is 0 Å². The van der Waals surface area contributed by atoms with E-state index in [1.54, 1.807) is 18.2 Å². The van der Waals surface area contributed by atoms with Crippen LogP contribution in [0.3, 0.4) is 0 Å². The molecule has 0 saturated carbocycles. The van der Waals surface area contributed by atoms with Crippen LogP contribution in [0.4, 0.5) is 4.39 Å². The predicted molar refractivity (Wildman–Crippen MR) is 90.6 cm³/mol. The topological polar surface area (TPSA) is 92.5 Å². The highest BCUT2D eigenvalue weighted by Crippen LogP contribution is 2.30. The van der Waals surface area contributed by atoms with Gasteiger partial charge in [-0.3, -0.25) is 20.4 Å². The lowest BCUT2D eigenvalue weighted by molar-refractivity contribution is 0.0844. The third-order valence-corrected chi connectivity index (χ3v) is 3.92. The maximum absolute atomic E-state index is 13.2. The first kappa shape index (κ1) is 15.9.